The number of nitrogens with one attached hydrogen (secondary N) is 1. The lowest BCUT2D eigenvalue weighted by molar-refractivity contribution is -0.305. The van der Waals surface area contributed by atoms with Gasteiger partial charge in [0.05, 0.1) is 25.4 Å². The molecule has 8 unspecified atom stereocenters. The SMILES string of the molecule is CC/C=C/C=C/C=C\C=C/C=C/CCCC(=O)OC1C(OCC(NC(=O)C(O)CCCCCCCC/C=C\C/C=C\C/C=C\C/C=C\CCCCC)C(O)/C=C/CCCCCCCCCCCCC)OC(CO)C(O)C1O. The Balaban J connectivity index is 2.73. The largest absolute Gasteiger partial charge is 0.454 e. The molecule has 6 N–H and O–H groups in total. The highest BCUT2D eigenvalue weighted by atomic mass is 16.7. The van der Waals surface area contributed by atoms with Gasteiger partial charge >= 0.3 is 5.97 Å². The fourth-order valence-corrected chi connectivity index (χ4v) is 8.66. The van der Waals surface area contributed by atoms with E-state index in [1.54, 1.807) is 6.08 Å². The molecule has 0 bridgehead atoms. The van der Waals surface area contributed by atoms with Gasteiger partial charge in [-0.1, -0.05) is 251 Å². The van der Waals surface area contributed by atoms with Crippen LogP contribution in [0.3, 0.4) is 0 Å². The van der Waals surface area contributed by atoms with E-state index in [0.717, 1.165) is 89.9 Å². The molecule has 0 saturated carbocycles. The van der Waals surface area contributed by atoms with E-state index in [4.69, 9.17) is 14.2 Å². The molecule has 1 saturated heterocycles. The van der Waals surface area contributed by atoms with Crippen molar-refractivity contribution in [3.63, 3.8) is 0 Å². The van der Waals surface area contributed by atoms with Crippen LogP contribution in [0.2, 0.25) is 0 Å². The maximum Gasteiger partial charge on any atom is 0.306 e. The van der Waals surface area contributed by atoms with Crippen molar-refractivity contribution in [2.45, 2.75) is 269 Å². The van der Waals surface area contributed by atoms with Gasteiger partial charge in [0.2, 0.25) is 5.91 Å². The maximum absolute atomic E-state index is 13.4. The normalized spacial score (nSPS) is 19.9. The van der Waals surface area contributed by atoms with E-state index >= 15 is 0 Å². The topological polar surface area (TPSA) is 175 Å². The Morgan fingerprint density at radius 1 is 0.532 bits per heavy atom. The van der Waals surface area contributed by atoms with Crippen molar-refractivity contribution < 1.29 is 49.3 Å². The second-order valence-electron chi connectivity index (χ2n) is 20.5. The molecule has 0 aromatic carbocycles. The van der Waals surface area contributed by atoms with E-state index in [2.05, 4.69) is 80.8 Å². The number of amides is 1. The molecule has 1 heterocycles. The van der Waals surface area contributed by atoms with E-state index < -0.39 is 67.4 Å². The van der Waals surface area contributed by atoms with Crippen LogP contribution in [0.25, 0.3) is 0 Å². The molecule has 11 nitrogen and oxygen atoms in total. The number of rotatable bonds is 49. The monoisotopic (exact) mass is 1080 g/mol. The summed E-state index contributed by atoms with van der Waals surface area (Å²) in [5.41, 5.74) is 0. The lowest BCUT2D eigenvalue weighted by Crippen LogP contribution is -2.61. The number of carbonyl (C=O) groups is 2. The Bertz CT molecular complexity index is 1710. The van der Waals surface area contributed by atoms with Crippen molar-refractivity contribution in [3.05, 3.63) is 122 Å². The third kappa shape index (κ3) is 40.8. The van der Waals surface area contributed by atoms with E-state index in [-0.39, 0.29) is 19.4 Å². The van der Waals surface area contributed by atoms with Crippen molar-refractivity contribution in [3.8, 4) is 0 Å². The molecule has 1 rings (SSSR count). The van der Waals surface area contributed by atoms with E-state index in [0.29, 0.717) is 19.3 Å². The Morgan fingerprint density at radius 2 is 0.987 bits per heavy atom. The third-order valence-electron chi connectivity index (χ3n) is 13.5. The van der Waals surface area contributed by atoms with Gasteiger partial charge in [0.25, 0.3) is 0 Å². The Morgan fingerprint density at radius 3 is 1.53 bits per heavy atom. The molecular formula is C66H109NO10. The molecule has 0 aromatic rings. The van der Waals surface area contributed by atoms with Crippen LogP contribution in [0, 0.1) is 0 Å². The average Bonchev–Trinajstić information content (AvgIpc) is 3.43. The fourth-order valence-electron chi connectivity index (χ4n) is 8.66. The molecule has 77 heavy (non-hydrogen) atoms. The standard InChI is InChI=1S/C66H109NO10/c1-4-7-10-13-16-19-22-25-26-27-28-29-30-31-32-33-36-38-41-44-47-50-53-59(70)65(74)67-57(58(69)52-49-46-43-40-37-34-23-20-17-14-11-8-5-2)56-75-66-64(63(73)62(72)60(55-68)76-66)77-61(71)54-51-48-45-42-39-35-24-21-18-15-12-9-6-3/h9,12,15-16,18-19,21,24-26,28-29,31-32,35,39,42,45,49,52,57-60,62-64,66,68-70,72-73H,4-8,10-11,13-14,17,20,22-23,27,30,33-34,36-38,40-41,43-44,46-48,50-51,53-56H2,1-3H3,(H,67,74)/b12-9+,18-15+,19-16-,24-21-,26-25-,29-28-,32-31-,39-35-,45-42+,52-49+. The van der Waals surface area contributed by atoms with Crippen LogP contribution in [-0.4, -0.2) is 99.6 Å². The summed E-state index contributed by atoms with van der Waals surface area (Å²) in [6.45, 7) is 5.55. The minimum Gasteiger partial charge on any atom is -0.454 e. The van der Waals surface area contributed by atoms with Gasteiger partial charge in [-0.05, 0) is 83.5 Å². The summed E-state index contributed by atoms with van der Waals surface area (Å²) in [5.74, 6) is -1.29. The number of hydrogen-bond acceptors (Lipinski definition) is 10. The first-order chi connectivity index (χ1) is 37.7. The van der Waals surface area contributed by atoms with Gasteiger partial charge in [0.1, 0.15) is 24.4 Å². The van der Waals surface area contributed by atoms with Gasteiger partial charge in [-0.25, -0.2) is 0 Å². The van der Waals surface area contributed by atoms with Crippen LogP contribution < -0.4 is 5.32 Å². The minimum atomic E-state index is -1.65. The summed E-state index contributed by atoms with van der Waals surface area (Å²) < 4.78 is 17.5. The van der Waals surface area contributed by atoms with Crippen LogP contribution in [-0.2, 0) is 23.8 Å². The van der Waals surface area contributed by atoms with Crippen LogP contribution in [0.1, 0.15) is 220 Å². The van der Waals surface area contributed by atoms with E-state index in [1.807, 2.05) is 60.8 Å². The zero-order valence-electron chi connectivity index (χ0n) is 48.3. The molecule has 1 amide bonds. The van der Waals surface area contributed by atoms with Crippen molar-refractivity contribution in [2.24, 2.45) is 0 Å². The quantitative estimate of drug-likeness (QED) is 0.0149. The summed E-state index contributed by atoms with van der Waals surface area (Å²) in [6.07, 6.45) is 62.5. The second-order valence-corrected chi connectivity index (χ2v) is 20.5. The number of allylic oxidation sites excluding steroid dienone is 19. The Kier molecular flexibility index (Phi) is 48.7. The summed E-state index contributed by atoms with van der Waals surface area (Å²) in [4.78, 5) is 26.5. The third-order valence-corrected chi connectivity index (χ3v) is 13.5. The van der Waals surface area contributed by atoms with Crippen molar-refractivity contribution in [2.75, 3.05) is 13.2 Å². The van der Waals surface area contributed by atoms with Crippen LogP contribution >= 0.6 is 0 Å². The first-order valence-electron chi connectivity index (χ1n) is 30.4. The summed E-state index contributed by atoms with van der Waals surface area (Å²) in [6, 6.07) is -1.05. The van der Waals surface area contributed by atoms with E-state index in [9.17, 15) is 35.1 Å². The molecular weight excluding hydrogens is 967 g/mol. The van der Waals surface area contributed by atoms with E-state index in [1.165, 1.54) is 77.0 Å². The molecule has 8 atom stereocenters. The highest BCUT2D eigenvalue weighted by Crippen LogP contribution is 2.26. The molecule has 0 radical (unpaired) electrons. The van der Waals surface area contributed by atoms with Gasteiger partial charge in [0, 0.05) is 6.42 Å². The number of ether oxygens (including phenoxy) is 3. The van der Waals surface area contributed by atoms with Crippen LogP contribution in [0.4, 0.5) is 0 Å². The number of esters is 1. The van der Waals surface area contributed by atoms with Crippen LogP contribution in [0.5, 0.6) is 0 Å². The number of hydrogen-bond donors (Lipinski definition) is 6. The maximum atomic E-state index is 13.4. The molecule has 0 spiro atoms. The minimum absolute atomic E-state index is 0.0193. The number of aliphatic hydroxyl groups excluding tert-OH is 5. The highest BCUT2D eigenvalue weighted by molar-refractivity contribution is 5.80. The summed E-state index contributed by atoms with van der Waals surface area (Å²) in [5, 5.41) is 56.9. The molecule has 0 aliphatic carbocycles. The molecule has 1 aliphatic heterocycles. The lowest BCUT2D eigenvalue weighted by atomic mass is 9.99. The van der Waals surface area contributed by atoms with Crippen molar-refractivity contribution >= 4 is 11.9 Å². The molecule has 11 heteroatoms. The summed E-state index contributed by atoms with van der Waals surface area (Å²) >= 11 is 0. The summed E-state index contributed by atoms with van der Waals surface area (Å²) in [7, 11) is 0. The van der Waals surface area contributed by atoms with Crippen molar-refractivity contribution in [1.29, 1.82) is 0 Å². The average molecular weight is 1080 g/mol. The van der Waals surface area contributed by atoms with Gasteiger partial charge < -0.3 is 45.1 Å². The lowest BCUT2D eigenvalue weighted by Gasteiger charge is -2.41. The molecule has 438 valence electrons. The van der Waals surface area contributed by atoms with Gasteiger partial charge in [-0.15, -0.1) is 0 Å². The van der Waals surface area contributed by atoms with Gasteiger partial charge in [0.15, 0.2) is 12.4 Å². The number of aliphatic hydroxyl groups is 5. The predicted octanol–water partition coefficient (Wildman–Crippen LogP) is 14.3. The Labute approximate surface area is 468 Å². The van der Waals surface area contributed by atoms with Gasteiger partial charge in [-0.2, -0.15) is 0 Å². The number of carbonyl (C=O) groups excluding carboxylic acids is 2. The fraction of sp³-hybridized carbons (Fsp3) is 0.667. The first-order valence-corrected chi connectivity index (χ1v) is 30.4. The zero-order valence-corrected chi connectivity index (χ0v) is 48.3. The molecule has 1 fully saturated rings. The molecule has 1 aliphatic rings. The Hall–Kier alpha value is -3.94. The number of unbranched alkanes of at least 4 members (excludes halogenated alkanes) is 21. The predicted molar refractivity (Wildman–Crippen MR) is 319 cm³/mol. The second kappa shape index (κ2) is 52.7. The molecule has 0 aromatic heterocycles. The highest BCUT2D eigenvalue weighted by Gasteiger charge is 2.47. The van der Waals surface area contributed by atoms with Crippen molar-refractivity contribution in [1.82, 2.24) is 5.32 Å². The first kappa shape index (κ1) is 71.1. The smallest absolute Gasteiger partial charge is 0.306 e. The zero-order chi connectivity index (χ0) is 56.1. The van der Waals surface area contributed by atoms with Crippen LogP contribution in [0.15, 0.2) is 122 Å². The van der Waals surface area contributed by atoms with Gasteiger partial charge in [-0.3, -0.25) is 9.59 Å².